The number of nitrogens with zero attached hydrogens (tertiary/aromatic N) is 4. The molecule has 248 valence electrons. The van der Waals surface area contributed by atoms with E-state index in [9.17, 15) is 20.4 Å². The van der Waals surface area contributed by atoms with Crippen molar-refractivity contribution in [2.75, 3.05) is 52.5 Å². The molecule has 2 heterocycles. The lowest BCUT2D eigenvalue weighted by molar-refractivity contribution is -0.942. The number of hydrogen-bond acceptors (Lipinski definition) is 8. The van der Waals surface area contributed by atoms with Crippen LogP contribution in [0.15, 0.2) is 58.7 Å². The molecule has 0 radical (unpaired) electrons. The lowest BCUT2D eigenvalue weighted by Gasteiger charge is -2.38. The summed E-state index contributed by atoms with van der Waals surface area (Å²) in [5.74, 6) is 1.15. The van der Waals surface area contributed by atoms with Gasteiger partial charge >= 0.3 is 0 Å². The van der Waals surface area contributed by atoms with Crippen LogP contribution in [-0.4, -0.2) is 95.9 Å². The fourth-order valence-electron chi connectivity index (χ4n) is 6.38. The third-order valence-corrected chi connectivity index (χ3v) is 8.79. The number of aliphatic hydroxyl groups excluding tert-OH is 2. The fraction of sp³-hybridized carbons (Fsp3) is 0.600. The number of rotatable bonds is 16. The van der Waals surface area contributed by atoms with Gasteiger partial charge in [0, 0.05) is 11.8 Å². The summed E-state index contributed by atoms with van der Waals surface area (Å²) in [6.07, 6.45) is 6.37. The van der Waals surface area contributed by atoms with Gasteiger partial charge in [0.15, 0.2) is 0 Å². The van der Waals surface area contributed by atoms with Crippen molar-refractivity contribution >= 4 is 11.8 Å². The van der Waals surface area contributed by atoms with Gasteiger partial charge in [0.25, 0.3) is 0 Å². The molecule has 2 saturated heterocycles. The standard InChI is InChI=1S/C35H52N4O6/c1-3-34(42)36-38(19-7-5-8-20-38)24-30(40)26-44-32-15-11-28(12-16-32)23-29-13-17-33(18-14-29)45-27-31(41)25-39(37-35(43)4-2)21-9-6-10-22-39/h11-18,30-31,40-41H,3-10,19-27H2,1-2H3. The molecule has 2 aliphatic heterocycles. The molecule has 2 atom stereocenters. The van der Waals surface area contributed by atoms with Crippen molar-refractivity contribution in [3.8, 4) is 11.5 Å². The Morgan fingerprint density at radius 2 is 1.00 bits per heavy atom. The van der Waals surface area contributed by atoms with Crippen LogP contribution >= 0.6 is 0 Å². The highest BCUT2D eigenvalue weighted by atomic mass is 16.5. The first-order chi connectivity index (χ1) is 21.7. The van der Waals surface area contributed by atoms with Gasteiger partial charge in [-0.05, 0) is 93.2 Å². The van der Waals surface area contributed by atoms with E-state index in [2.05, 4.69) is 10.2 Å². The molecule has 2 unspecified atom stereocenters. The van der Waals surface area contributed by atoms with Crippen LogP contribution in [-0.2, 0) is 6.42 Å². The number of quaternary nitrogens is 2. The number of aliphatic hydroxyl groups is 2. The molecular formula is C35H52N4O6. The van der Waals surface area contributed by atoms with Crippen molar-refractivity contribution in [2.24, 2.45) is 10.2 Å². The van der Waals surface area contributed by atoms with Crippen molar-refractivity contribution in [3.05, 3.63) is 59.7 Å². The minimum Gasteiger partial charge on any atom is -0.858 e. The summed E-state index contributed by atoms with van der Waals surface area (Å²) in [4.78, 5) is 0. The van der Waals surface area contributed by atoms with Crippen molar-refractivity contribution < 1.29 is 39.1 Å². The molecule has 2 aliphatic rings. The predicted molar refractivity (Wildman–Crippen MR) is 172 cm³/mol. The number of ether oxygens (including phenoxy) is 2. The first-order valence-electron chi connectivity index (χ1n) is 16.8. The number of hydrogen-bond donors (Lipinski definition) is 2. The summed E-state index contributed by atoms with van der Waals surface area (Å²) >= 11 is 0. The number of piperidine rings is 2. The Morgan fingerprint density at radius 3 is 1.33 bits per heavy atom. The van der Waals surface area contributed by atoms with E-state index in [0.29, 0.717) is 46.6 Å². The highest BCUT2D eigenvalue weighted by molar-refractivity contribution is 5.70. The monoisotopic (exact) mass is 624 g/mol. The largest absolute Gasteiger partial charge is 0.858 e. The van der Waals surface area contributed by atoms with E-state index in [1.54, 1.807) is 0 Å². The number of likely N-dealkylation sites (tertiary alicyclic amines) is 2. The van der Waals surface area contributed by atoms with Gasteiger partial charge in [-0.3, -0.25) is 0 Å². The average Bonchev–Trinajstić information content (AvgIpc) is 3.04. The second kappa shape index (κ2) is 16.9. The van der Waals surface area contributed by atoms with Crippen LogP contribution in [0.3, 0.4) is 0 Å². The van der Waals surface area contributed by atoms with Gasteiger partial charge in [-0.2, -0.15) is 9.18 Å². The van der Waals surface area contributed by atoms with Gasteiger partial charge in [-0.15, -0.1) is 10.2 Å². The highest BCUT2D eigenvalue weighted by Gasteiger charge is 2.34. The smallest absolute Gasteiger partial charge is 0.139 e. The summed E-state index contributed by atoms with van der Waals surface area (Å²) in [6.45, 7) is 7.84. The molecule has 0 aromatic heterocycles. The second-order valence-corrected chi connectivity index (χ2v) is 12.7. The zero-order chi connectivity index (χ0) is 32.1. The van der Waals surface area contributed by atoms with Crippen LogP contribution in [0, 0.1) is 0 Å². The average molecular weight is 625 g/mol. The maximum Gasteiger partial charge on any atom is 0.139 e. The van der Waals surface area contributed by atoms with Gasteiger partial charge in [-0.1, -0.05) is 38.1 Å². The SMILES string of the molecule is CC/C([O-])=N/[N+]1(CC(O)COc2ccc(Cc3ccc(OCC(O)C[N+]4(/N=C(\[O-])CC)CCCCC4)cc3)cc2)CCCCC1. The van der Waals surface area contributed by atoms with Crippen LogP contribution in [0.4, 0.5) is 0 Å². The molecule has 0 bridgehead atoms. The zero-order valence-corrected chi connectivity index (χ0v) is 27.1. The molecule has 45 heavy (non-hydrogen) atoms. The lowest BCUT2D eigenvalue weighted by atomic mass is 10.0. The lowest BCUT2D eigenvalue weighted by Crippen LogP contribution is -2.53. The normalized spacial score (nSPS) is 19.9. The van der Waals surface area contributed by atoms with Crippen molar-refractivity contribution in [1.29, 1.82) is 0 Å². The molecule has 2 aromatic carbocycles. The highest BCUT2D eigenvalue weighted by Crippen LogP contribution is 2.24. The Balaban J connectivity index is 1.22. The zero-order valence-electron chi connectivity index (χ0n) is 27.1. The van der Waals surface area contributed by atoms with E-state index >= 15 is 0 Å². The van der Waals surface area contributed by atoms with Crippen molar-refractivity contribution in [2.45, 2.75) is 83.8 Å². The van der Waals surface area contributed by atoms with Crippen LogP contribution in [0.5, 0.6) is 11.5 Å². The quantitative estimate of drug-likeness (QED) is 0.168. The minimum absolute atomic E-state index is 0.113. The summed E-state index contributed by atoms with van der Waals surface area (Å²) < 4.78 is 12.4. The second-order valence-electron chi connectivity index (χ2n) is 12.7. The molecule has 0 saturated carbocycles. The van der Waals surface area contributed by atoms with E-state index in [1.165, 1.54) is 0 Å². The van der Waals surface area contributed by atoms with Gasteiger partial charge in [0.1, 0.15) is 76.2 Å². The Bertz CT molecular complexity index is 1130. The van der Waals surface area contributed by atoms with E-state index in [4.69, 9.17) is 9.47 Å². The molecule has 2 aromatic rings. The van der Waals surface area contributed by atoms with Crippen molar-refractivity contribution in [3.63, 3.8) is 0 Å². The molecule has 2 fully saturated rings. The van der Waals surface area contributed by atoms with Crippen LogP contribution in [0.2, 0.25) is 0 Å². The van der Waals surface area contributed by atoms with Gasteiger partial charge in [0.2, 0.25) is 0 Å². The molecule has 10 nitrogen and oxygen atoms in total. The van der Waals surface area contributed by atoms with Gasteiger partial charge in [-0.25, -0.2) is 0 Å². The molecule has 0 spiro atoms. The Morgan fingerprint density at radius 1 is 0.644 bits per heavy atom. The number of benzene rings is 2. The van der Waals surface area contributed by atoms with E-state index in [1.807, 2.05) is 62.4 Å². The predicted octanol–water partition coefficient (Wildman–Crippen LogP) is 2.93. The molecule has 2 N–H and O–H groups in total. The van der Waals surface area contributed by atoms with Gasteiger partial charge in [0.05, 0.1) is 0 Å². The maximum absolute atomic E-state index is 12.1. The molecule has 0 aliphatic carbocycles. The summed E-state index contributed by atoms with van der Waals surface area (Å²) in [5, 5.41) is 54.5. The third kappa shape index (κ3) is 11.0. The Kier molecular flexibility index (Phi) is 13.1. The van der Waals surface area contributed by atoms with E-state index in [0.717, 1.165) is 82.3 Å². The van der Waals surface area contributed by atoms with Crippen LogP contribution in [0.1, 0.15) is 76.3 Å². The Hall–Kier alpha value is -3.18. The third-order valence-electron chi connectivity index (χ3n) is 8.79. The summed E-state index contributed by atoms with van der Waals surface area (Å²) in [6, 6.07) is 15.7. The molecular weight excluding hydrogens is 572 g/mol. The van der Waals surface area contributed by atoms with E-state index in [-0.39, 0.29) is 25.0 Å². The van der Waals surface area contributed by atoms with E-state index < -0.39 is 12.2 Å². The van der Waals surface area contributed by atoms with Gasteiger partial charge < -0.3 is 29.9 Å². The molecule has 10 heteroatoms. The first kappa shape index (κ1) is 34.7. The summed E-state index contributed by atoms with van der Waals surface area (Å²) in [5.41, 5.74) is 2.25. The Labute approximate surface area is 268 Å². The molecule has 0 amide bonds. The summed E-state index contributed by atoms with van der Waals surface area (Å²) in [7, 11) is 0. The minimum atomic E-state index is -0.717. The molecule has 4 rings (SSSR count). The first-order valence-corrected chi connectivity index (χ1v) is 16.8. The van der Waals surface area contributed by atoms with Crippen molar-refractivity contribution in [1.82, 2.24) is 0 Å². The van der Waals surface area contributed by atoms with Crippen LogP contribution < -0.4 is 19.7 Å². The maximum atomic E-state index is 12.1. The van der Waals surface area contributed by atoms with Crippen LogP contribution in [0.25, 0.3) is 0 Å². The fourth-order valence-corrected chi connectivity index (χ4v) is 6.38. The topological polar surface area (TPSA) is 130 Å².